The quantitative estimate of drug-likeness (QED) is 0.116. The van der Waals surface area contributed by atoms with Crippen LogP contribution in [0.5, 0.6) is 0 Å². The summed E-state index contributed by atoms with van der Waals surface area (Å²) >= 11 is 0. The highest BCUT2D eigenvalue weighted by atomic mass is 31.2. The first kappa shape index (κ1) is 28.5. The Hall–Kier alpha value is -1.47. The lowest BCUT2D eigenvalue weighted by Crippen LogP contribution is -2.06. The zero-order valence-electron chi connectivity index (χ0n) is 18.6. The highest BCUT2D eigenvalue weighted by Gasteiger charge is 2.24. The van der Waals surface area contributed by atoms with Gasteiger partial charge in [0.1, 0.15) is 0 Å². The minimum absolute atomic E-state index is 0.269. The number of hydrogen-bond acceptors (Lipinski definition) is 8. The Kier molecular flexibility index (Phi) is 16.4. The summed E-state index contributed by atoms with van der Waals surface area (Å²) in [5.41, 5.74) is 0.783. The summed E-state index contributed by atoms with van der Waals surface area (Å²) in [4.78, 5) is 22.4. The van der Waals surface area contributed by atoms with Gasteiger partial charge in [0.15, 0.2) is 0 Å². The van der Waals surface area contributed by atoms with Gasteiger partial charge in [-0.3, -0.25) is 13.6 Å². The second-order valence-electron chi connectivity index (χ2n) is 6.96. The fourth-order valence-electron chi connectivity index (χ4n) is 2.19. The number of hydrogen-bond donors (Lipinski definition) is 0. The van der Waals surface area contributed by atoms with E-state index < -0.39 is 7.82 Å². The molecule has 0 aliphatic carbocycles. The number of carbonyl (C=O) groups is 2. The topological polar surface area (TPSA) is 97.4 Å². The van der Waals surface area contributed by atoms with Crippen LogP contribution in [0, 0.1) is 0 Å². The van der Waals surface area contributed by atoms with E-state index in [2.05, 4.69) is 13.2 Å². The molecular weight excluding hydrogens is 411 g/mol. The average Bonchev–Trinajstić information content (AvgIpc) is 2.71. The molecule has 0 rings (SSSR count). The Labute approximate surface area is 180 Å². The van der Waals surface area contributed by atoms with Crippen molar-refractivity contribution in [2.45, 2.75) is 65.2 Å². The van der Waals surface area contributed by atoms with Gasteiger partial charge in [0.25, 0.3) is 0 Å². The molecule has 0 amide bonds. The number of carbonyl (C=O) groups excluding carboxylic acids is 2. The van der Waals surface area contributed by atoms with Crippen LogP contribution in [0.4, 0.5) is 0 Å². The van der Waals surface area contributed by atoms with Crippen LogP contribution >= 0.6 is 7.82 Å². The van der Waals surface area contributed by atoms with Crippen molar-refractivity contribution in [1.29, 1.82) is 0 Å². The molecule has 174 valence electrons. The molecule has 8 nitrogen and oxygen atoms in total. The van der Waals surface area contributed by atoms with Crippen LogP contribution in [0.25, 0.3) is 0 Å². The third-order valence-electron chi connectivity index (χ3n) is 3.96. The number of phosphoric ester groups is 1. The molecule has 0 N–H and O–H groups in total. The van der Waals surface area contributed by atoms with Gasteiger partial charge in [0.05, 0.1) is 26.4 Å². The Morgan fingerprint density at radius 1 is 0.667 bits per heavy atom. The van der Waals surface area contributed by atoms with Crippen LogP contribution in [-0.2, 0) is 37.2 Å². The van der Waals surface area contributed by atoms with Crippen LogP contribution in [0.15, 0.2) is 24.3 Å². The maximum absolute atomic E-state index is 12.3. The molecule has 0 radical (unpaired) electrons. The Morgan fingerprint density at radius 2 is 1.00 bits per heavy atom. The third-order valence-corrected chi connectivity index (χ3v) is 5.41. The molecule has 0 fully saturated rings. The van der Waals surface area contributed by atoms with Crippen molar-refractivity contribution in [2.24, 2.45) is 0 Å². The zero-order valence-corrected chi connectivity index (χ0v) is 19.5. The number of phosphoric acid groups is 1. The lowest BCUT2D eigenvalue weighted by molar-refractivity contribution is -0.139. The summed E-state index contributed by atoms with van der Waals surface area (Å²) in [5.74, 6) is -0.745. The standard InChI is InChI=1S/C21H37O8P/c1-18(2)20(22)26-14-10-6-8-12-16-28-30(24,25-5)29-17-13-9-7-11-15-27-21(23)19(3)4/h1,3,6-17H2,2,4-5H3. The molecular formula is C21H37O8P. The summed E-state index contributed by atoms with van der Waals surface area (Å²) in [6, 6.07) is 0. The van der Waals surface area contributed by atoms with E-state index in [1.807, 2.05) is 0 Å². The van der Waals surface area contributed by atoms with Crippen molar-refractivity contribution < 1.29 is 37.2 Å². The Bertz CT molecular complexity index is 542. The first-order valence-electron chi connectivity index (χ1n) is 10.3. The van der Waals surface area contributed by atoms with E-state index in [0.717, 1.165) is 38.5 Å². The molecule has 0 aliphatic rings. The van der Waals surface area contributed by atoms with Gasteiger partial charge in [0, 0.05) is 18.3 Å². The average molecular weight is 448 g/mol. The van der Waals surface area contributed by atoms with Crippen molar-refractivity contribution in [3.63, 3.8) is 0 Å². The van der Waals surface area contributed by atoms with Gasteiger partial charge in [-0.1, -0.05) is 26.0 Å². The number of esters is 2. The van der Waals surface area contributed by atoms with Crippen molar-refractivity contribution in [1.82, 2.24) is 0 Å². The molecule has 0 unspecified atom stereocenters. The smallest absolute Gasteiger partial charge is 0.462 e. The van der Waals surface area contributed by atoms with Crippen molar-refractivity contribution in [2.75, 3.05) is 33.5 Å². The lowest BCUT2D eigenvalue weighted by atomic mass is 10.2. The molecule has 0 bridgehead atoms. The van der Waals surface area contributed by atoms with E-state index in [4.69, 9.17) is 23.0 Å². The van der Waals surface area contributed by atoms with Crippen LogP contribution < -0.4 is 0 Å². The first-order chi connectivity index (χ1) is 14.2. The van der Waals surface area contributed by atoms with E-state index >= 15 is 0 Å². The van der Waals surface area contributed by atoms with Crippen molar-refractivity contribution in [3.8, 4) is 0 Å². The summed E-state index contributed by atoms with van der Waals surface area (Å²) in [7, 11) is -2.23. The van der Waals surface area contributed by atoms with Gasteiger partial charge in [-0.25, -0.2) is 14.2 Å². The summed E-state index contributed by atoms with van der Waals surface area (Å²) in [5, 5.41) is 0. The van der Waals surface area contributed by atoms with Gasteiger partial charge in [-0.15, -0.1) is 0 Å². The predicted molar refractivity (Wildman–Crippen MR) is 115 cm³/mol. The molecule has 9 heteroatoms. The van der Waals surface area contributed by atoms with Gasteiger partial charge in [-0.2, -0.15) is 0 Å². The minimum Gasteiger partial charge on any atom is -0.462 e. The fraction of sp³-hybridized carbons (Fsp3) is 0.714. The molecule has 0 heterocycles. The summed E-state index contributed by atoms with van der Waals surface area (Å²) in [6.07, 6.45) is 6.35. The molecule has 0 atom stereocenters. The van der Waals surface area contributed by atoms with E-state index in [1.165, 1.54) is 7.11 Å². The largest absolute Gasteiger partial charge is 0.474 e. The molecule has 0 spiro atoms. The normalized spacial score (nSPS) is 11.2. The molecule has 0 aromatic heterocycles. The molecule has 0 aromatic carbocycles. The van der Waals surface area contributed by atoms with Crippen LogP contribution in [0.1, 0.15) is 65.2 Å². The molecule has 0 saturated heterocycles. The first-order valence-corrected chi connectivity index (χ1v) is 11.8. The third kappa shape index (κ3) is 15.4. The molecule has 0 saturated carbocycles. The molecule has 0 aromatic rings. The van der Waals surface area contributed by atoms with Crippen LogP contribution in [0.2, 0.25) is 0 Å². The zero-order chi connectivity index (χ0) is 22.8. The second kappa shape index (κ2) is 17.2. The highest BCUT2D eigenvalue weighted by Crippen LogP contribution is 2.48. The molecule has 0 aliphatic heterocycles. The minimum atomic E-state index is -3.53. The number of unbranched alkanes of at least 4 members (excludes halogenated alkanes) is 6. The maximum Gasteiger partial charge on any atom is 0.474 e. The predicted octanol–water partition coefficient (Wildman–Crippen LogP) is 5.13. The monoisotopic (exact) mass is 448 g/mol. The van der Waals surface area contributed by atoms with Crippen molar-refractivity contribution >= 4 is 19.8 Å². The highest BCUT2D eigenvalue weighted by molar-refractivity contribution is 7.48. The Balaban J connectivity index is 3.67. The Morgan fingerprint density at radius 3 is 1.30 bits per heavy atom. The van der Waals surface area contributed by atoms with Gasteiger partial charge >= 0.3 is 19.8 Å². The van der Waals surface area contributed by atoms with E-state index in [0.29, 0.717) is 37.2 Å². The van der Waals surface area contributed by atoms with Gasteiger partial charge < -0.3 is 9.47 Å². The SMILES string of the molecule is C=C(C)C(=O)OCCCCCCOP(=O)(OC)OCCCCCCOC(=O)C(=C)C. The molecule has 30 heavy (non-hydrogen) atoms. The lowest BCUT2D eigenvalue weighted by Gasteiger charge is -2.15. The number of ether oxygens (including phenoxy) is 2. The fourth-order valence-corrected chi connectivity index (χ4v) is 3.18. The van der Waals surface area contributed by atoms with Gasteiger partial charge in [-0.05, 0) is 52.4 Å². The summed E-state index contributed by atoms with van der Waals surface area (Å²) < 4.78 is 37.8. The van der Waals surface area contributed by atoms with E-state index in [1.54, 1.807) is 13.8 Å². The van der Waals surface area contributed by atoms with Crippen LogP contribution in [-0.4, -0.2) is 45.5 Å². The second-order valence-corrected chi connectivity index (χ2v) is 8.73. The maximum atomic E-state index is 12.3. The summed E-state index contributed by atoms with van der Waals surface area (Å²) in [6.45, 7) is 11.5. The van der Waals surface area contributed by atoms with E-state index in [-0.39, 0.29) is 25.2 Å². The van der Waals surface area contributed by atoms with E-state index in [9.17, 15) is 14.2 Å². The van der Waals surface area contributed by atoms with Crippen molar-refractivity contribution in [3.05, 3.63) is 24.3 Å². The van der Waals surface area contributed by atoms with Crippen LogP contribution in [0.3, 0.4) is 0 Å². The van der Waals surface area contributed by atoms with Gasteiger partial charge in [0.2, 0.25) is 0 Å². The number of rotatable bonds is 19.